The topological polar surface area (TPSA) is 49.9 Å². The second-order valence-electron chi connectivity index (χ2n) is 5.78. The van der Waals surface area contributed by atoms with E-state index in [1.807, 2.05) is 44.2 Å². The standard InChI is InChI=1S/C19H24N2O3S2/c1-4-20(5-2)17(22)7-6-12-21-18(23)16(26-19(21)25)13-14-8-10-15(24-3)11-9-14/h8-11,13H,4-7,12H2,1-3H3/b16-13+. The number of carbonyl (C=O) groups is 2. The van der Waals surface area contributed by atoms with Crippen molar-refractivity contribution in [3.05, 3.63) is 34.7 Å². The molecule has 1 aromatic carbocycles. The molecule has 1 aromatic rings. The van der Waals surface area contributed by atoms with Gasteiger partial charge in [-0.3, -0.25) is 14.5 Å². The Balaban J connectivity index is 1.95. The van der Waals surface area contributed by atoms with Crippen LogP contribution in [-0.4, -0.2) is 52.7 Å². The van der Waals surface area contributed by atoms with E-state index in [1.54, 1.807) is 16.9 Å². The molecule has 1 aliphatic rings. The van der Waals surface area contributed by atoms with Crippen molar-refractivity contribution in [2.45, 2.75) is 26.7 Å². The van der Waals surface area contributed by atoms with Crippen molar-refractivity contribution in [1.82, 2.24) is 9.80 Å². The van der Waals surface area contributed by atoms with Crippen molar-refractivity contribution < 1.29 is 14.3 Å². The zero-order chi connectivity index (χ0) is 19.1. The van der Waals surface area contributed by atoms with E-state index in [2.05, 4.69) is 0 Å². The Labute approximate surface area is 164 Å². The van der Waals surface area contributed by atoms with Gasteiger partial charge in [-0.25, -0.2) is 0 Å². The van der Waals surface area contributed by atoms with Crippen LogP contribution < -0.4 is 4.74 Å². The normalized spacial score (nSPS) is 15.7. The number of hydrogen-bond donors (Lipinski definition) is 0. The van der Waals surface area contributed by atoms with Gasteiger partial charge in [-0.1, -0.05) is 36.1 Å². The lowest BCUT2D eigenvalue weighted by Gasteiger charge is -2.19. The zero-order valence-corrected chi connectivity index (χ0v) is 17.0. The van der Waals surface area contributed by atoms with Gasteiger partial charge in [0.25, 0.3) is 5.91 Å². The fourth-order valence-electron chi connectivity index (χ4n) is 2.67. The molecule has 5 nitrogen and oxygen atoms in total. The summed E-state index contributed by atoms with van der Waals surface area (Å²) in [5, 5.41) is 0. The molecule has 2 rings (SSSR count). The first-order chi connectivity index (χ1) is 12.5. The lowest BCUT2D eigenvalue weighted by Crippen LogP contribution is -2.33. The van der Waals surface area contributed by atoms with E-state index in [0.29, 0.717) is 41.7 Å². The summed E-state index contributed by atoms with van der Waals surface area (Å²) in [5.41, 5.74) is 0.919. The van der Waals surface area contributed by atoms with Crippen LogP contribution in [0.1, 0.15) is 32.3 Å². The molecule has 0 aliphatic carbocycles. The van der Waals surface area contributed by atoms with Crippen LogP contribution in [0.25, 0.3) is 6.08 Å². The Morgan fingerprint density at radius 1 is 1.27 bits per heavy atom. The first-order valence-electron chi connectivity index (χ1n) is 8.67. The van der Waals surface area contributed by atoms with Crippen LogP contribution in [0.3, 0.4) is 0 Å². The molecule has 0 aromatic heterocycles. The highest BCUT2D eigenvalue weighted by molar-refractivity contribution is 8.26. The lowest BCUT2D eigenvalue weighted by atomic mass is 10.2. The molecule has 0 radical (unpaired) electrons. The second-order valence-corrected chi connectivity index (χ2v) is 7.45. The van der Waals surface area contributed by atoms with Crippen molar-refractivity contribution in [3.8, 4) is 5.75 Å². The van der Waals surface area contributed by atoms with Crippen LogP contribution in [0.5, 0.6) is 5.75 Å². The number of amides is 2. The SMILES string of the molecule is CCN(CC)C(=O)CCCN1C(=O)/C(=C\c2ccc(OC)cc2)SC1=S. The molecular weight excluding hydrogens is 368 g/mol. The summed E-state index contributed by atoms with van der Waals surface area (Å²) >= 11 is 6.64. The van der Waals surface area contributed by atoms with Gasteiger partial charge < -0.3 is 9.64 Å². The molecular formula is C19H24N2O3S2. The predicted octanol–water partition coefficient (Wildman–Crippen LogP) is 3.55. The third-order valence-electron chi connectivity index (χ3n) is 4.18. The third kappa shape index (κ3) is 5.08. The molecule has 1 fully saturated rings. The summed E-state index contributed by atoms with van der Waals surface area (Å²) in [6.45, 7) is 5.82. The quantitative estimate of drug-likeness (QED) is 0.500. The van der Waals surface area contributed by atoms with Gasteiger partial charge >= 0.3 is 0 Å². The van der Waals surface area contributed by atoms with Gasteiger partial charge in [0, 0.05) is 26.1 Å². The first-order valence-corrected chi connectivity index (χ1v) is 9.89. The number of ether oxygens (including phenoxy) is 1. The predicted molar refractivity (Wildman–Crippen MR) is 110 cm³/mol. The molecule has 0 N–H and O–H groups in total. The maximum Gasteiger partial charge on any atom is 0.266 e. The number of rotatable bonds is 8. The first kappa shape index (κ1) is 20.5. The average Bonchev–Trinajstić information content (AvgIpc) is 2.90. The number of hydrogen-bond acceptors (Lipinski definition) is 5. The minimum atomic E-state index is -0.0916. The number of benzene rings is 1. The van der Waals surface area contributed by atoms with E-state index in [4.69, 9.17) is 17.0 Å². The van der Waals surface area contributed by atoms with Crippen LogP contribution in [0.2, 0.25) is 0 Å². The molecule has 1 saturated heterocycles. The van der Waals surface area contributed by atoms with E-state index in [9.17, 15) is 9.59 Å². The zero-order valence-electron chi connectivity index (χ0n) is 15.4. The van der Waals surface area contributed by atoms with Gasteiger partial charge in [-0.05, 0) is 44.0 Å². The molecule has 0 unspecified atom stereocenters. The average molecular weight is 393 g/mol. The molecule has 0 saturated carbocycles. The summed E-state index contributed by atoms with van der Waals surface area (Å²) in [6, 6.07) is 7.50. The lowest BCUT2D eigenvalue weighted by molar-refractivity contribution is -0.131. The van der Waals surface area contributed by atoms with Crippen LogP contribution >= 0.6 is 24.0 Å². The van der Waals surface area contributed by atoms with E-state index < -0.39 is 0 Å². The molecule has 26 heavy (non-hydrogen) atoms. The van der Waals surface area contributed by atoms with E-state index in [-0.39, 0.29) is 11.8 Å². The molecule has 0 spiro atoms. The Morgan fingerprint density at radius 2 is 1.92 bits per heavy atom. The fourth-order valence-corrected chi connectivity index (χ4v) is 3.98. The minimum absolute atomic E-state index is 0.0916. The molecule has 1 aliphatic heterocycles. The Morgan fingerprint density at radius 3 is 2.50 bits per heavy atom. The molecule has 2 amide bonds. The molecule has 140 valence electrons. The number of methoxy groups -OCH3 is 1. The van der Waals surface area contributed by atoms with Gasteiger partial charge in [-0.2, -0.15) is 0 Å². The Bertz CT molecular complexity index is 697. The number of thiocarbonyl (C=S) groups is 1. The summed E-state index contributed by atoms with van der Waals surface area (Å²) in [6.07, 6.45) is 2.87. The van der Waals surface area contributed by atoms with Gasteiger partial charge in [0.15, 0.2) is 0 Å². The largest absolute Gasteiger partial charge is 0.497 e. The molecule has 1 heterocycles. The summed E-state index contributed by atoms with van der Waals surface area (Å²) in [4.78, 5) is 28.7. The maximum absolute atomic E-state index is 12.6. The highest BCUT2D eigenvalue weighted by atomic mass is 32.2. The second kappa shape index (κ2) is 9.73. The highest BCUT2D eigenvalue weighted by Crippen LogP contribution is 2.33. The van der Waals surface area contributed by atoms with Crippen molar-refractivity contribution in [2.75, 3.05) is 26.7 Å². The van der Waals surface area contributed by atoms with Gasteiger partial charge in [0.05, 0.1) is 12.0 Å². The molecule has 7 heteroatoms. The summed E-state index contributed by atoms with van der Waals surface area (Å²) in [5.74, 6) is 0.799. The smallest absolute Gasteiger partial charge is 0.266 e. The van der Waals surface area contributed by atoms with Crippen LogP contribution in [0.4, 0.5) is 0 Å². The van der Waals surface area contributed by atoms with Gasteiger partial charge in [0.1, 0.15) is 10.1 Å². The van der Waals surface area contributed by atoms with Crippen LogP contribution in [0.15, 0.2) is 29.2 Å². The van der Waals surface area contributed by atoms with Crippen LogP contribution in [-0.2, 0) is 9.59 Å². The summed E-state index contributed by atoms with van der Waals surface area (Å²) < 4.78 is 5.68. The van der Waals surface area contributed by atoms with Crippen molar-refractivity contribution in [1.29, 1.82) is 0 Å². The van der Waals surface area contributed by atoms with Crippen molar-refractivity contribution in [3.63, 3.8) is 0 Å². The third-order valence-corrected chi connectivity index (χ3v) is 5.55. The minimum Gasteiger partial charge on any atom is -0.497 e. The highest BCUT2D eigenvalue weighted by Gasteiger charge is 2.31. The number of nitrogens with zero attached hydrogens (tertiary/aromatic N) is 2. The number of carbonyl (C=O) groups excluding carboxylic acids is 2. The van der Waals surface area contributed by atoms with E-state index in [0.717, 1.165) is 11.3 Å². The van der Waals surface area contributed by atoms with Gasteiger partial charge in [0.2, 0.25) is 5.91 Å². The monoisotopic (exact) mass is 392 g/mol. The molecule has 0 atom stereocenters. The van der Waals surface area contributed by atoms with E-state index >= 15 is 0 Å². The number of thioether (sulfide) groups is 1. The maximum atomic E-state index is 12.6. The Hall–Kier alpha value is -1.86. The fraction of sp³-hybridized carbons (Fsp3) is 0.421. The molecule has 0 bridgehead atoms. The van der Waals surface area contributed by atoms with Crippen molar-refractivity contribution >= 4 is 46.2 Å². The summed E-state index contributed by atoms with van der Waals surface area (Å²) in [7, 11) is 1.62. The van der Waals surface area contributed by atoms with Gasteiger partial charge in [-0.15, -0.1) is 0 Å². The Kier molecular flexibility index (Phi) is 7.66. The van der Waals surface area contributed by atoms with Crippen molar-refractivity contribution in [2.24, 2.45) is 0 Å². The van der Waals surface area contributed by atoms with Crippen LogP contribution in [0, 0.1) is 0 Å². The van der Waals surface area contributed by atoms with E-state index in [1.165, 1.54) is 11.8 Å².